The largest absolute Gasteiger partial charge is 0.342 e. The highest BCUT2D eigenvalue weighted by atomic mass is 16.1. The quantitative estimate of drug-likeness (QED) is 0.728. The first-order chi connectivity index (χ1) is 14.1. The molecule has 4 nitrogen and oxygen atoms in total. The van der Waals surface area contributed by atoms with Crippen LogP contribution in [0.1, 0.15) is 43.5 Å². The first kappa shape index (κ1) is 18.0. The van der Waals surface area contributed by atoms with Gasteiger partial charge in [0.15, 0.2) is 0 Å². The minimum atomic E-state index is 0.0441. The Morgan fingerprint density at radius 2 is 2.00 bits per heavy atom. The van der Waals surface area contributed by atoms with Crippen molar-refractivity contribution in [2.45, 2.75) is 39.2 Å². The third-order valence-corrected chi connectivity index (χ3v) is 6.21. The number of likely N-dealkylation sites (N-methyl/N-ethyl adjacent to an activating group) is 1. The van der Waals surface area contributed by atoms with Crippen LogP contribution < -0.4 is 10.5 Å². The molecule has 0 saturated heterocycles. The van der Waals surface area contributed by atoms with E-state index in [4.69, 9.17) is 0 Å². The number of hydrogen-bond acceptors (Lipinski definition) is 2. The summed E-state index contributed by atoms with van der Waals surface area (Å²) in [7, 11) is 0. The van der Waals surface area contributed by atoms with Gasteiger partial charge in [0.05, 0.1) is 11.7 Å². The molecule has 1 saturated carbocycles. The van der Waals surface area contributed by atoms with E-state index < -0.39 is 0 Å². The van der Waals surface area contributed by atoms with E-state index >= 15 is 0 Å². The fourth-order valence-corrected chi connectivity index (χ4v) is 4.68. The number of allylic oxidation sites excluding steroid dienone is 6. The van der Waals surface area contributed by atoms with Crippen LogP contribution in [-0.4, -0.2) is 15.9 Å². The monoisotopic (exact) mass is 385 g/mol. The summed E-state index contributed by atoms with van der Waals surface area (Å²) in [6.07, 6.45) is 13.9. The molecule has 2 aromatic rings. The third kappa shape index (κ3) is 2.94. The Morgan fingerprint density at radius 1 is 1.17 bits per heavy atom. The summed E-state index contributed by atoms with van der Waals surface area (Å²) in [5.41, 5.74) is 7.03. The molecule has 1 atom stereocenters. The maximum atomic E-state index is 12.8. The molecule has 0 radical (unpaired) electrons. The predicted octanol–water partition coefficient (Wildman–Crippen LogP) is 5.15. The molecule has 5 rings (SSSR count). The molecule has 148 valence electrons. The molecule has 1 aliphatic heterocycles. The van der Waals surface area contributed by atoms with Crippen LogP contribution >= 0.6 is 0 Å². The van der Waals surface area contributed by atoms with Gasteiger partial charge in [0, 0.05) is 35.3 Å². The lowest BCUT2D eigenvalue weighted by Crippen LogP contribution is -2.27. The Morgan fingerprint density at radius 3 is 2.69 bits per heavy atom. The summed E-state index contributed by atoms with van der Waals surface area (Å²) in [5, 5.41) is 0. The summed E-state index contributed by atoms with van der Waals surface area (Å²) >= 11 is 0. The van der Waals surface area contributed by atoms with Gasteiger partial charge in [-0.3, -0.25) is 9.48 Å². The van der Waals surface area contributed by atoms with E-state index in [1.54, 1.807) is 6.07 Å². The number of nitrogens with zero attached hydrogens (tertiary/aromatic N) is 3. The number of anilines is 1. The van der Waals surface area contributed by atoms with E-state index in [0.717, 1.165) is 30.0 Å². The highest BCUT2D eigenvalue weighted by molar-refractivity contribution is 5.87. The summed E-state index contributed by atoms with van der Waals surface area (Å²) in [6.45, 7) is 9.35. The molecule has 0 spiro atoms. The molecule has 0 amide bonds. The lowest BCUT2D eigenvalue weighted by molar-refractivity contribution is 0.473. The smallest absolute Gasteiger partial charge is 0.267 e. The number of fused-ring (bicyclic) bond motifs is 1. The first-order valence-electron chi connectivity index (χ1n) is 10.6. The van der Waals surface area contributed by atoms with Gasteiger partial charge in [-0.1, -0.05) is 30.9 Å². The molecule has 3 aliphatic rings. The Hall–Kier alpha value is -3.01. The van der Waals surface area contributed by atoms with E-state index in [9.17, 15) is 4.79 Å². The topological polar surface area (TPSA) is 30.2 Å². The molecular formula is C25H27N3O. The lowest BCUT2D eigenvalue weighted by Gasteiger charge is -2.32. The second-order valence-electron chi connectivity index (χ2n) is 8.21. The maximum Gasteiger partial charge on any atom is 0.267 e. The third-order valence-electron chi connectivity index (χ3n) is 6.21. The highest BCUT2D eigenvalue weighted by Gasteiger charge is 2.32. The zero-order valence-electron chi connectivity index (χ0n) is 17.1. The van der Waals surface area contributed by atoms with Crippen LogP contribution in [0.2, 0.25) is 0 Å². The highest BCUT2D eigenvalue weighted by Crippen LogP contribution is 2.48. The Kier molecular flexibility index (Phi) is 4.23. The van der Waals surface area contributed by atoms with Gasteiger partial charge >= 0.3 is 0 Å². The van der Waals surface area contributed by atoms with Crippen LogP contribution in [-0.2, 0) is 0 Å². The number of rotatable bonds is 4. The second kappa shape index (κ2) is 6.80. The van der Waals surface area contributed by atoms with Gasteiger partial charge in [0.1, 0.15) is 0 Å². The van der Waals surface area contributed by atoms with Crippen molar-refractivity contribution >= 4 is 11.3 Å². The van der Waals surface area contributed by atoms with Gasteiger partial charge in [0.25, 0.3) is 5.56 Å². The van der Waals surface area contributed by atoms with E-state index in [-0.39, 0.29) is 11.6 Å². The molecule has 29 heavy (non-hydrogen) atoms. The normalized spacial score (nSPS) is 20.8. The molecule has 1 unspecified atom stereocenters. The Balaban J connectivity index is 1.67. The molecule has 0 N–H and O–H groups in total. The minimum Gasteiger partial charge on any atom is -0.342 e. The van der Waals surface area contributed by atoms with Crippen LogP contribution in [0.4, 0.5) is 5.69 Å². The lowest BCUT2D eigenvalue weighted by atomic mass is 9.93. The number of aromatic nitrogens is 2. The van der Waals surface area contributed by atoms with Gasteiger partial charge in [-0.25, -0.2) is 4.68 Å². The van der Waals surface area contributed by atoms with E-state index in [2.05, 4.69) is 59.5 Å². The molecular weight excluding hydrogens is 358 g/mol. The van der Waals surface area contributed by atoms with Gasteiger partial charge in [-0.05, 0) is 68.9 Å². The zero-order valence-corrected chi connectivity index (χ0v) is 17.1. The van der Waals surface area contributed by atoms with Crippen molar-refractivity contribution in [3.05, 3.63) is 88.5 Å². The van der Waals surface area contributed by atoms with Crippen molar-refractivity contribution in [3.8, 4) is 5.69 Å². The average molecular weight is 386 g/mol. The number of aryl methyl sites for hydroxylation is 1. The molecule has 1 fully saturated rings. The molecule has 2 aliphatic carbocycles. The predicted molar refractivity (Wildman–Crippen MR) is 120 cm³/mol. The van der Waals surface area contributed by atoms with Crippen LogP contribution in [0, 0.1) is 12.8 Å². The fourth-order valence-electron chi connectivity index (χ4n) is 4.68. The van der Waals surface area contributed by atoms with Crippen molar-refractivity contribution in [3.63, 3.8) is 0 Å². The summed E-state index contributed by atoms with van der Waals surface area (Å²) < 4.78 is 3.97. The average Bonchev–Trinajstić information content (AvgIpc) is 3.52. The van der Waals surface area contributed by atoms with Crippen LogP contribution in [0.15, 0.2) is 71.7 Å². The van der Waals surface area contributed by atoms with E-state index in [1.165, 1.54) is 29.7 Å². The van der Waals surface area contributed by atoms with Crippen molar-refractivity contribution < 1.29 is 0 Å². The Labute approximate surface area is 171 Å². The molecule has 1 aromatic carbocycles. The van der Waals surface area contributed by atoms with Crippen LogP contribution in [0.25, 0.3) is 11.3 Å². The molecule has 0 bridgehead atoms. The standard InChI is InChI=1S/C25H27N3O/c1-4-26-17(2)14-22(19-10-11-19)23-16-21(12-13-24(23)26)27-18(3)15-25(29)28(27)20-8-6-5-7-9-20/h5-8,12-16,19-20H,2,4,9-11H2,1,3H3. The summed E-state index contributed by atoms with van der Waals surface area (Å²) in [4.78, 5) is 15.1. The van der Waals surface area contributed by atoms with E-state index in [0.29, 0.717) is 5.92 Å². The van der Waals surface area contributed by atoms with Crippen LogP contribution in [0.3, 0.4) is 0 Å². The molecule has 2 heterocycles. The SMILES string of the molecule is C=C1C=C(C2CC2)c2cc(-n3c(C)cc(=O)n3C3C=CC=CC3)ccc2N1CC. The van der Waals surface area contributed by atoms with Gasteiger partial charge in [0.2, 0.25) is 0 Å². The molecule has 4 heteroatoms. The van der Waals surface area contributed by atoms with Crippen molar-refractivity contribution in [2.75, 3.05) is 11.4 Å². The van der Waals surface area contributed by atoms with Crippen LogP contribution in [0.5, 0.6) is 0 Å². The maximum absolute atomic E-state index is 12.8. The van der Waals surface area contributed by atoms with E-state index in [1.807, 2.05) is 23.8 Å². The number of hydrogen-bond donors (Lipinski definition) is 0. The minimum absolute atomic E-state index is 0.0441. The Bertz CT molecular complexity index is 1140. The summed E-state index contributed by atoms with van der Waals surface area (Å²) in [6, 6.07) is 8.38. The second-order valence-corrected chi connectivity index (χ2v) is 8.21. The van der Waals surface area contributed by atoms with Crippen molar-refractivity contribution in [1.29, 1.82) is 0 Å². The first-order valence-corrected chi connectivity index (χ1v) is 10.6. The number of benzene rings is 1. The van der Waals surface area contributed by atoms with Gasteiger partial charge in [-0.2, -0.15) is 0 Å². The fraction of sp³-hybridized carbons (Fsp3) is 0.320. The van der Waals surface area contributed by atoms with Gasteiger partial charge in [-0.15, -0.1) is 0 Å². The molecule has 1 aromatic heterocycles. The van der Waals surface area contributed by atoms with Gasteiger partial charge < -0.3 is 4.90 Å². The zero-order chi connectivity index (χ0) is 20.1. The van der Waals surface area contributed by atoms with Crippen molar-refractivity contribution in [1.82, 2.24) is 9.36 Å². The summed E-state index contributed by atoms with van der Waals surface area (Å²) in [5.74, 6) is 0.638. The van der Waals surface area contributed by atoms with Crippen molar-refractivity contribution in [2.24, 2.45) is 5.92 Å².